The molecule has 0 aliphatic heterocycles. The Hall–Kier alpha value is -0.960. The van der Waals surface area contributed by atoms with E-state index in [1.165, 1.54) is 6.07 Å². The lowest BCUT2D eigenvalue weighted by atomic mass is 9.90. The van der Waals surface area contributed by atoms with Crippen molar-refractivity contribution in [3.8, 4) is 0 Å². The third kappa shape index (κ3) is 3.45. The summed E-state index contributed by atoms with van der Waals surface area (Å²) in [6.07, 6.45) is 1.31. The Bertz CT molecular complexity index is 667. The lowest BCUT2D eigenvalue weighted by Gasteiger charge is -2.34. The van der Waals surface area contributed by atoms with Crippen LogP contribution in [-0.4, -0.2) is 38.7 Å². The van der Waals surface area contributed by atoms with E-state index in [9.17, 15) is 13.2 Å². The highest BCUT2D eigenvalue weighted by Gasteiger charge is 2.33. The summed E-state index contributed by atoms with van der Waals surface area (Å²) in [6, 6.07) is 2.41. The molecule has 1 aliphatic carbocycles. The zero-order valence-corrected chi connectivity index (χ0v) is 14.0. The normalized spacial score (nSPS) is 21.9. The predicted octanol–water partition coefficient (Wildman–Crippen LogP) is 1.91. The molecule has 2 N–H and O–H groups in total. The number of carbonyl (C=O) groups is 1. The van der Waals surface area contributed by atoms with Gasteiger partial charge >= 0.3 is 5.97 Å². The number of aryl methyl sites for hydroxylation is 1. The van der Waals surface area contributed by atoms with Crippen LogP contribution in [0.5, 0.6) is 0 Å². The van der Waals surface area contributed by atoms with E-state index in [1.54, 1.807) is 14.0 Å². The second-order valence-corrected chi connectivity index (χ2v) is 7.53. The van der Waals surface area contributed by atoms with Crippen LogP contribution in [-0.2, 0) is 14.8 Å². The summed E-state index contributed by atoms with van der Waals surface area (Å²) < 4.78 is 32.9. The fourth-order valence-electron chi connectivity index (χ4n) is 2.19. The molecule has 0 unspecified atom stereocenters. The van der Waals surface area contributed by atoms with E-state index in [0.717, 1.165) is 6.07 Å². The minimum absolute atomic E-state index is 0.0548. The number of carboxylic acids is 1. The van der Waals surface area contributed by atoms with Crippen molar-refractivity contribution in [1.82, 2.24) is 4.72 Å². The molecule has 0 heterocycles. The molecule has 1 aromatic carbocycles. The molecule has 21 heavy (non-hydrogen) atoms. The first-order valence-electron chi connectivity index (χ1n) is 6.33. The van der Waals surface area contributed by atoms with E-state index >= 15 is 0 Å². The van der Waals surface area contributed by atoms with Crippen LogP contribution in [0.2, 0.25) is 0 Å². The first-order valence-corrected chi connectivity index (χ1v) is 8.60. The van der Waals surface area contributed by atoms with Gasteiger partial charge in [0.25, 0.3) is 0 Å². The van der Waals surface area contributed by atoms with Crippen LogP contribution in [0.1, 0.15) is 28.8 Å². The first kappa shape index (κ1) is 16.4. The number of nitrogens with one attached hydrogen (secondary N) is 1. The molecule has 0 radical (unpaired) electrons. The summed E-state index contributed by atoms with van der Waals surface area (Å²) >= 11 is 3.22. The molecular formula is C13H16BrNO5S. The van der Waals surface area contributed by atoms with Crippen LogP contribution in [0, 0.1) is 6.92 Å². The summed E-state index contributed by atoms with van der Waals surface area (Å²) in [5.41, 5.74) is 0.498. The van der Waals surface area contributed by atoms with E-state index in [4.69, 9.17) is 9.84 Å². The maximum absolute atomic E-state index is 12.4. The summed E-state index contributed by atoms with van der Waals surface area (Å²) in [4.78, 5) is 11.0. The number of ether oxygens (including phenoxy) is 1. The van der Waals surface area contributed by atoms with Gasteiger partial charge in [0.2, 0.25) is 10.0 Å². The molecule has 1 aliphatic rings. The minimum Gasteiger partial charge on any atom is -0.478 e. The number of sulfonamides is 1. The second-order valence-electron chi connectivity index (χ2n) is 5.06. The van der Waals surface area contributed by atoms with Crippen molar-refractivity contribution in [2.75, 3.05) is 7.11 Å². The number of hydrogen-bond donors (Lipinski definition) is 2. The molecule has 0 atom stereocenters. The Morgan fingerprint density at radius 2 is 2.05 bits per heavy atom. The van der Waals surface area contributed by atoms with Gasteiger partial charge in [0.05, 0.1) is 16.6 Å². The molecule has 1 fully saturated rings. The van der Waals surface area contributed by atoms with E-state index in [1.807, 2.05) is 0 Å². The van der Waals surface area contributed by atoms with Crippen LogP contribution < -0.4 is 4.72 Å². The van der Waals surface area contributed by atoms with E-state index in [-0.39, 0.29) is 22.6 Å². The van der Waals surface area contributed by atoms with Gasteiger partial charge in [0.15, 0.2) is 0 Å². The molecule has 2 rings (SSSR count). The van der Waals surface area contributed by atoms with E-state index < -0.39 is 16.0 Å². The van der Waals surface area contributed by atoms with Gasteiger partial charge in [-0.2, -0.15) is 0 Å². The van der Waals surface area contributed by atoms with Gasteiger partial charge in [0.1, 0.15) is 0 Å². The highest BCUT2D eigenvalue weighted by atomic mass is 79.9. The molecule has 0 amide bonds. The zero-order chi connectivity index (χ0) is 15.8. The quantitative estimate of drug-likeness (QED) is 0.817. The van der Waals surface area contributed by atoms with Gasteiger partial charge in [-0.15, -0.1) is 0 Å². The van der Waals surface area contributed by atoms with Crippen LogP contribution in [0.25, 0.3) is 0 Å². The molecule has 0 spiro atoms. The van der Waals surface area contributed by atoms with Crippen molar-refractivity contribution in [3.63, 3.8) is 0 Å². The molecule has 116 valence electrons. The molecule has 0 aromatic heterocycles. The smallest absolute Gasteiger partial charge is 0.335 e. The first-order chi connectivity index (χ1) is 9.74. The Kier molecular flexibility index (Phi) is 4.72. The zero-order valence-electron chi connectivity index (χ0n) is 11.6. The largest absolute Gasteiger partial charge is 0.478 e. The molecule has 8 heteroatoms. The minimum atomic E-state index is -3.78. The number of carboxylic acid groups (broad SMARTS) is 1. The van der Waals surface area contributed by atoms with Gasteiger partial charge in [-0.3, -0.25) is 0 Å². The molecular weight excluding hydrogens is 362 g/mol. The third-order valence-electron chi connectivity index (χ3n) is 3.51. The number of halogens is 1. The molecule has 0 bridgehead atoms. The third-order valence-corrected chi connectivity index (χ3v) is 6.37. The second kappa shape index (κ2) is 6.04. The molecule has 0 saturated heterocycles. The van der Waals surface area contributed by atoms with Gasteiger partial charge in [-0.05, 0) is 53.4 Å². The van der Waals surface area contributed by atoms with Crippen molar-refractivity contribution in [2.45, 2.75) is 36.8 Å². The summed E-state index contributed by atoms with van der Waals surface area (Å²) in [7, 11) is -2.19. The topological polar surface area (TPSA) is 92.7 Å². The van der Waals surface area contributed by atoms with E-state index in [2.05, 4.69) is 20.7 Å². The Morgan fingerprint density at radius 1 is 1.43 bits per heavy atom. The lowest BCUT2D eigenvalue weighted by Crippen LogP contribution is -2.47. The van der Waals surface area contributed by atoms with Gasteiger partial charge in [-0.25, -0.2) is 17.9 Å². The number of benzene rings is 1. The maximum atomic E-state index is 12.4. The fourth-order valence-corrected chi connectivity index (χ4v) is 4.50. The Labute approximate surface area is 131 Å². The van der Waals surface area contributed by atoms with Crippen molar-refractivity contribution in [1.29, 1.82) is 0 Å². The fraction of sp³-hybridized carbons (Fsp3) is 0.462. The number of methoxy groups -OCH3 is 1. The van der Waals surface area contributed by atoms with Crippen molar-refractivity contribution < 1.29 is 23.1 Å². The van der Waals surface area contributed by atoms with E-state index in [0.29, 0.717) is 22.9 Å². The van der Waals surface area contributed by atoms with Gasteiger partial charge in [0, 0.05) is 17.6 Å². The molecule has 1 saturated carbocycles. The SMILES string of the molecule is COC1CC(NS(=O)(=O)c2cc(C(=O)O)cc(C)c2Br)C1. The monoisotopic (exact) mass is 377 g/mol. The Morgan fingerprint density at radius 3 is 2.57 bits per heavy atom. The van der Waals surface area contributed by atoms with Gasteiger partial charge < -0.3 is 9.84 Å². The average Bonchev–Trinajstić information content (AvgIpc) is 2.35. The highest BCUT2D eigenvalue weighted by molar-refractivity contribution is 9.10. The molecule has 6 nitrogen and oxygen atoms in total. The van der Waals surface area contributed by atoms with Crippen molar-refractivity contribution in [3.05, 3.63) is 27.7 Å². The van der Waals surface area contributed by atoms with Crippen LogP contribution in [0.15, 0.2) is 21.5 Å². The van der Waals surface area contributed by atoms with Crippen LogP contribution >= 0.6 is 15.9 Å². The lowest BCUT2D eigenvalue weighted by molar-refractivity contribution is 0.0236. The highest BCUT2D eigenvalue weighted by Crippen LogP contribution is 2.30. The van der Waals surface area contributed by atoms with Crippen molar-refractivity contribution in [2.24, 2.45) is 0 Å². The summed E-state index contributed by atoms with van der Waals surface area (Å²) in [5.74, 6) is -1.16. The maximum Gasteiger partial charge on any atom is 0.335 e. The number of rotatable bonds is 5. The average molecular weight is 378 g/mol. The summed E-state index contributed by atoms with van der Waals surface area (Å²) in [5, 5.41) is 9.05. The summed E-state index contributed by atoms with van der Waals surface area (Å²) in [6.45, 7) is 1.65. The Balaban J connectivity index is 2.29. The standard InChI is InChI=1S/C13H16BrNO5S/c1-7-3-8(13(16)17)4-11(12(7)14)21(18,19)15-9-5-10(6-9)20-2/h3-4,9-10,15H,5-6H2,1-2H3,(H,16,17). The van der Waals surface area contributed by atoms with Crippen LogP contribution in [0.3, 0.4) is 0 Å². The van der Waals surface area contributed by atoms with Crippen LogP contribution in [0.4, 0.5) is 0 Å². The van der Waals surface area contributed by atoms with Gasteiger partial charge in [-0.1, -0.05) is 0 Å². The number of hydrogen-bond acceptors (Lipinski definition) is 4. The predicted molar refractivity (Wildman–Crippen MR) is 80.0 cm³/mol. The molecule has 1 aromatic rings. The van der Waals surface area contributed by atoms with Crippen molar-refractivity contribution >= 4 is 31.9 Å². The number of aromatic carboxylic acids is 1.